The Morgan fingerprint density at radius 3 is 2.50 bits per heavy atom. The number of hydrogen-bond acceptors (Lipinski definition) is 2. The molecule has 0 saturated carbocycles. The van der Waals surface area contributed by atoms with Gasteiger partial charge in [0.1, 0.15) is 0 Å². The van der Waals surface area contributed by atoms with Crippen molar-refractivity contribution < 1.29 is 14.7 Å². The van der Waals surface area contributed by atoms with Crippen LogP contribution in [0.25, 0.3) is 0 Å². The number of nitrogens with one attached hydrogen (secondary N) is 1. The van der Waals surface area contributed by atoms with Gasteiger partial charge in [0, 0.05) is 13.5 Å². The van der Waals surface area contributed by atoms with E-state index in [0.29, 0.717) is 19.4 Å². The normalized spacial score (nSPS) is 12.2. The zero-order chi connectivity index (χ0) is 9.56. The van der Waals surface area contributed by atoms with E-state index in [2.05, 4.69) is 5.32 Å². The summed E-state index contributed by atoms with van der Waals surface area (Å²) >= 11 is 0. The van der Waals surface area contributed by atoms with Crippen LogP contribution in [0.2, 0.25) is 0 Å². The molecule has 0 aromatic rings. The van der Waals surface area contributed by atoms with E-state index in [0.717, 1.165) is 0 Å². The summed E-state index contributed by atoms with van der Waals surface area (Å²) in [6.07, 6.45) is 1.32. The van der Waals surface area contributed by atoms with Crippen LogP contribution < -0.4 is 5.32 Å². The fourth-order valence-electron chi connectivity index (χ4n) is 0.796. The third-order valence-electron chi connectivity index (χ3n) is 1.61. The minimum Gasteiger partial charge on any atom is -0.481 e. The van der Waals surface area contributed by atoms with Gasteiger partial charge in [-0.05, 0) is 12.8 Å². The van der Waals surface area contributed by atoms with Crippen molar-refractivity contribution in [2.45, 2.75) is 26.7 Å². The van der Waals surface area contributed by atoms with Gasteiger partial charge < -0.3 is 10.4 Å². The first-order valence-corrected chi connectivity index (χ1v) is 4.01. The molecule has 0 fully saturated rings. The molecule has 0 aliphatic carbocycles. The minimum absolute atomic E-state index is 0.0713. The fraction of sp³-hybridized carbons (Fsp3) is 0.750. The molecule has 70 valence electrons. The van der Waals surface area contributed by atoms with Crippen LogP contribution in [-0.2, 0) is 9.59 Å². The summed E-state index contributed by atoms with van der Waals surface area (Å²) in [4.78, 5) is 20.7. The van der Waals surface area contributed by atoms with Crippen LogP contribution in [-0.4, -0.2) is 23.5 Å². The van der Waals surface area contributed by atoms with Gasteiger partial charge in [-0.25, -0.2) is 0 Å². The van der Waals surface area contributed by atoms with Gasteiger partial charge >= 0.3 is 5.97 Å². The molecule has 0 bridgehead atoms. The monoisotopic (exact) mass is 173 g/mol. The topological polar surface area (TPSA) is 66.4 Å². The summed E-state index contributed by atoms with van der Waals surface area (Å²) in [7, 11) is 0. The van der Waals surface area contributed by atoms with Gasteiger partial charge in [-0.2, -0.15) is 0 Å². The molecule has 0 aliphatic rings. The molecule has 2 N–H and O–H groups in total. The molecule has 4 heteroatoms. The first kappa shape index (κ1) is 10.9. The van der Waals surface area contributed by atoms with Gasteiger partial charge in [0.2, 0.25) is 5.91 Å². The molecule has 0 aliphatic heterocycles. The van der Waals surface area contributed by atoms with Crippen LogP contribution in [0, 0.1) is 5.92 Å². The van der Waals surface area contributed by atoms with Crippen molar-refractivity contribution in [2.24, 2.45) is 5.92 Å². The van der Waals surface area contributed by atoms with Gasteiger partial charge in [0.05, 0.1) is 5.92 Å². The van der Waals surface area contributed by atoms with E-state index >= 15 is 0 Å². The molecule has 0 heterocycles. The van der Waals surface area contributed by atoms with E-state index in [1.165, 1.54) is 6.92 Å². The predicted octanol–water partition coefficient (Wildman–Crippen LogP) is 0.623. The molecular formula is C8H15NO3. The number of aliphatic carboxylic acids is 1. The largest absolute Gasteiger partial charge is 0.481 e. The van der Waals surface area contributed by atoms with Crippen LogP contribution >= 0.6 is 0 Å². The summed E-state index contributed by atoms with van der Waals surface area (Å²) in [5.41, 5.74) is 0. The molecule has 1 atom stereocenters. The molecule has 1 amide bonds. The lowest BCUT2D eigenvalue weighted by molar-refractivity contribution is -0.141. The maximum absolute atomic E-state index is 10.4. The standard InChI is InChI=1S/C8H15NO3/c1-6(8(11)12)4-3-5-9-7(2)10/h6H,3-5H2,1-2H3,(H,9,10)(H,11,12)/t6-/m1/s1. The quantitative estimate of drug-likeness (QED) is 0.599. The third-order valence-corrected chi connectivity index (χ3v) is 1.61. The lowest BCUT2D eigenvalue weighted by Crippen LogP contribution is -2.22. The van der Waals surface area contributed by atoms with Crippen LogP contribution in [0.3, 0.4) is 0 Å². The maximum atomic E-state index is 10.4. The predicted molar refractivity (Wildman–Crippen MR) is 44.7 cm³/mol. The highest BCUT2D eigenvalue weighted by atomic mass is 16.4. The summed E-state index contributed by atoms with van der Waals surface area (Å²) in [6.45, 7) is 3.67. The Bertz CT molecular complexity index is 168. The van der Waals surface area contributed by atoms with Gasteiger partial charge in [-0.1, -0.05) is 6.92 Å². The second-order valence-corrected chi connectivity index (χ2v) is 2.86. The highest BCUT2D eigenvalue weighted by molar-refractivity contribution is 5.72. The summed E-state index contributed by atoms with van der Waals surface area (Å²) < 4.78 is 0. The molecule has 0 radical (unpaired) electrons. The fourth-order valence-corrected chi connectivity index (χ4v) is 0.796. The Kier molecular flexibility index (Phi) is 5.08. The van der Waals surface area contributed by atoms with E-state index in [1.807, 2.05) is 0 Å². The lowest BCUT2D eigenvalue weighted by Gasteiger charge is -2.05. The van der Waals surface area contributed by atoms with E-state index in [1.54, 1.807) is 6.92 Å². The lowest BCUT2D eigenvalue weighted by atomic mass is 10.1. The molecule has 0 aromatic carbocycles. The van der Waals surface area contributed by atoms with Crippen molar-refractivity contribution in [3.63, 3.8) is 0 Å². The average molecular weight is 173 g/mol. The van der Waals surface area contributed by atoms with Crippen molar-refractivity contribution in [3.05, 3.63) is 0 Å². The van der Waals surface area contributed by atoms with Crippen LogP contribution in [0.4, 0.5) is 0 Å². The summed E-state index contributed by atoms with van der Waals surface area (Å²) in [6, 6.07) is 0. The molecule has 0 aromatic heterocycles. The highest BCUT2D eigenvalue weighted by Gasteiger charge is 2.09. The Hall–Kier alpha value is -1.06. The smallest absolute Gasteiger partial charge is 0.306 e. The Balaban J connectivity index is 3.31. The molecule has 0 spiro atoms. The van der Waals surface area contributed by atoms with E-state index < -0.39 is 5.97 Å². The van der Waals surface area contributed by atoms with Gasteiger partial charge in [0.25, 0.3) is 0 Å². The van der Waals surface area contributed by atoms with Gasteiger partial charge in [-0.15, -0.1) is 0 Å². The molecule has 4 nitrogen and oxygen atoms in total. The molecular weight excluding hydrogens is 158 g/mol. The molecule has 0 unspecified atom stereocenters. The zero-order valence-corrected chi connectivity index (χ0v) is 7.46. The van der Waals surface area contributed by atoms with Gasteiger partial charge in [-0.3, -0.25) is 9.59 Å². The SMILES string of the molecule is CC(=O)NCCC[C@@H](C)C(=O)O. The number of hydrogen-bond donors (Lipinski definition) is 2. The molecule has 0 rings (SSSR count). The Labute approximate surface area is 72.0 Å². The number of carboxylic acids is 1. The Morgan fingerprint density at radius 1 is 1.50 bits per heavy atom. The van der Waals surface area contributed by atoms with E-state index in [4.69, 9.17) is 5.11 Å². The van der Waals surface area contributed by atoms with Crippen molar-refractivity contribution >= 4 is 11.9 Å². The van der Waals surface area contributed by atoms with Crippen LogP contribution in [0.5, 0.6) is 0 Å². The summed E-state index contributed by atoms with van der Waals surface area (Å²) in [5, 5.41) is 11.1. The highest BCUT2D eigenvalue weighted by Crippen LogP contribution is 2.03. The maximum Gasteiger partial charge on any atom is 0.306 e. The number of rotatable bonds is 5. The van der Waals surface area contributed by atoms with E-state index in [9.17, 15) is 9.59 Å². The minimum atomic E-state index is -0.780. The van der Waals surface area contributed by atoms with Gasteiger partial charge in [0.15, 0.2) is 0 Å². The van der Waals surface area contributed by atoms with Crippen LogP contribution in [0.15, 0.2) is 0 Å². The van der Waals surface area contributed by atoms with Crippen LogP contribution in [0.1, 0.15) is 26.7 Å². The zero-order valence-electron chi connectivity index (χ0n) is 7.46. The second kappa shape index (κ2) is 5.57. The molecule has 12 heavy (non-hydrogen) atoms. The molecule has 0 saturated heterocycles. The second-order valence-electron chi connectivity index (χ2n) is 2.86. The number of carbonyl (C=O) groups excluding carboxylic acids is 1. The number of carbonyl (C=O) groups is 2. The summed E-state index contributed by atoms with van der Waals surface area (Å²) in [5.74, 6) is -1.17. The third kappa shape index (κ3) is 5.70. The van der Waals surface area contributed by atoms with Crippen molar-refractivity contribution in [1.29, 1.82) is 0 Å². The first-order valence-electron chi connectivity index (χ1n) is 4.01. The van der Waals surface area contributed by atoms with Crippen molar-refractivity contribution in [3.8, 4) is 0 Å². The average Bonchev–Trinajstić information content (AvgIpc) is 1.97. The Morgan fingerprint density at radius 2 is 2.08 bits per heavy atom. The number of amides is 1. The van der Waals surface area contributed by atoms with Crippen molar-refractivity contribution in [2.75, 3.05) is 6.54 Å². The van der Waals surface area contributed by atoms with Crippen molar-refractivity contribution in [1.82, 2.24) is 5.32 Å². The first-order chi connectivity index (χ1) is 5.54. The van der Waals surface area contributed by atoms with E-state index in [-0.39, 0.29) is 11.8 Å². The number of carboxylic acid groups (broad SMARTS) is 1.